The number of carbonyl (C=O) groups is 2. The molecule has 0 aromatic carbocycles. The van der Waals surface area contributed by atoms with E-state index in [1.165, 1.54) is 12.4 Å². The van der Waals surface area contributed by atoms with Crippen LogP contribution in [0.2, 0.25) is 0 Å². The molecule has 0 atom stereocenters. The minimum atomic E-state index is -1.00. The van der Waals surface area contributed by atoms with Crippen molar-refractivity contribution in [3.05, 3.63) is 0 Å². The Morgan fingerprint density at radius 2 is 1.25 bits per heavy atom. The molecule has 0 aliphatic rings. The van der Waals surface area contributed by atoms with Crippen molar-refractivity contribution in [2.45, 2.75) is 25.7 Å². The fourth-order valence-electron chi connectivity index (χ4n) is 0.818. The van der Waals surface area contributed by atoms with Gasteiger partial charge in [-0.05, 0) is 38.1 Å². The second kappa shape index (κ2) is 9.82. The predicted octanol–water partition coefficient (Wildman–Crippen LogP) is 0.932. The zero-order valence-corrected chi connectivity index (χ0v) is 9.03. The molecule has 0 aromatic rings. The molecule has 0 unspecified atom stereocenters. The van der Waals surface area contributed by atoms with Gasteiger partial charge < -0.3 is 20.3 Å². The van der Waals surface area contributed by atoms with Gasteiger partial charge in [-0.1, -0.05) is 0 Å². The molecule has 0 radical (unpaired) electrons. The molecule has 0 saturated carbocycles. The lowest BCUT2D eigenvalue weighted by Gasteiger charge is -2.03. The van der Waals surface area contributed by atoms with Crippen molar-refractivity contribution in [1.29, 1.82) is 10.8 Å². The van der Waals surface area contributed by atoms with Crippen molar-refractivity contribution in [2.24, 2.45) is 0 Å². The van der Waals surface area contributed by atoms with Crippen LogP contribution in [-0.2, 0) is 19.1 Å². The molecule has 0 saturated heterocycles. The molecule has 16 heavy (non-hydrogen) atoms. The summed E-state index contributed by atoms with van der Waals surface area (Å²) in [5, 5.41) is 13.5. The molecule has 0 fully saturated rings. The van der Waals surface area contributed by atoms with Crippen molar-refractivity contribution >= 4 is 24.4 Å². The first kappa shape index (κ1) is 14.3. The first-order valence-corrected chi connectivity index (χ1v) is 5.04. The van der Waals surface area contributed by atoms with E-state index in [1.54, 1.807) is 0 Å². The van der Waals surface area contributed by atoms with Crippen LogP contribution in [0.3, 0.4) is 0 Å². The maximum absolute atomic E-state index is 11.0. The number of hydrogen-bond donors (Lipinski definition) is 2. The van der Waals surface area contributed by atoms with Crippen LogP contribution in [0.1, 0.15) is 25.7 Å². The van der Waals surface area contributed by atoms with E-state index in [0.29, 0.717) is 25.7 Å². The average molecular weight is 228 g/mol. The van der Waals surface area contributed by atoms with E-state index in [0.717, 1.165) is 0 Å². The standard InChI is InChI=1S/C10H16N2O4/c11-5-1-3-7-15-9(13)10(14)16-8-4-2-6-12/h5-6,11-12H,1-4,7-8H2. The zero-order valence-electron chi connectivity index (χ0n) is 9.03. The molecule has 0 heterocycles. The maximum atomic E-state index is 11.0. The van der Waals surface area contributed by atoms with Crippen molar-refractivity contribution in [2.75, 3.05) is 13.2 Å². The fourth-order valence-corrected chi connectivity index (χ4v) is 0.818. The molecule has 0 spiro atoms. The second-order valence-electron chi connectivity index (χ2n) is 2.96. The Morgan fingerprint density at radius 1 is 0.875 bits per heavy atom. The molecule has 0 amide bonds. The molecule has 0 rings (SSSR count). The summed E-state index contributed by atoms with van der Waals surface area (Å²) in [6, 6.07) is 0. The van der Waals surface area contributed by atoms with Crippen molar-refractivity contribution in [1.82, 2.24) is 0 Å². The Kier molecular flexibility index (Phi) is 8.76. The normalized spacial score (nSPS) is 9.25. The number of nitrogens with one attached hydrogen (secondary N) is 2. The summed E-state index contributed by atoms with van der Waals surface area (Å²) in [5.41, 5.74) is 0. The minimum absolute atomic E-state index is 0.115. The summed E-state index contributed by atoms with van der Waals surface area (Å²) >= 11 is 0. The second-order valence-corrected chi connectivity index (χ2v) is 2.96. The highest BCUT2D eigenvalue weighted by Crippen LogP contribution is 1.92. The fraction of sp³-hybridized carbons (Fsp3) is 0.600. The lowest BCUT2D eigenvalue weighted by atomic mass is 10.3. The van der Waals surface area contributed by atoms with E-state index in [-0.39, 0.29) is 13.2 Å². The van der Waals surface area contributed by atoms with E-state index in [9.17, 15) is 9.59 Å². The molecule has 2 N–H and O–H groups in total. The predicted molar refractivity (Wildman–Crippen MR) is 58.0 cm³/mol. The number of ether oxygens (including phenoxy) is 2. The third kappa shape index (κ3) is 7.66. The zero-order chi connectivity index (χ0) is 12.2. The van der Waals surface area contributed by atoms with E-state index >= 15 is 0 Å². The van der Waals surface area contributed by atoms with Crippen LogP contribution in [0.15, 0.2) is 0 Å². The first-order valence-electron chi connectivity index (χ1n) is 5.04. The Hall–Kier alpha value is -1.72. The van der Waals surface area contributed by atoms with Gasteiger partial charge in [0.05, 0.1) is 13.2 Å². The summed E-state index contributed by atoms with van der Waals surface area (Å²) in [7, 11) is 0. The van der Waals surface area contributed by atoms with Gasteiger partial charge in [0.2, 0.25) is 0 Å². The lowest BCUT2D eigenvalue weighted by Crippen LogP contribution is -2.21. The summed E-state index contributed by atoms with van der Waals surface area (Å²) in [4.78, 5) is 21.9. The van der Waals surface area contributed by atoms with Crippen LogP contribution in [0.5, 0.6) is 0 Å². The van der Waals surface area contributed by atoms with E-state index in [4.69, 9.17) is 10.8 Å². The largest absolute Gasteiger partial charge is 0.457 e. The highest BCUT2D eigenvalue weighted by molar-refractivity contribution is 6.29. The molecule has 0 aliphatic carbocycles. The van der Waals surface area contributed by atoms with Gasteiger partial charge in [0.25, 0.3) is 0 Å². The molecule has 90 valence electrons. The Labute approximate surface area is 93.9 Å². The smallest absolute Gasteiger partial charge is 0.417 e. The van der Waals surface area contributed by atoms with Gasteiger partial charge in [-0.15, -0.1) is 0 Å². The average Bonchev–Trinajstić information content (AvgIpc) is 2.29. The third-order valence-electron chi connectivity index (χ3n) is 1.62. The van der Waals surface area contributed by atoms with Crippen LogP contribution in [0.4, 0.5) is 0 Å². The van der Waals surface area contributed by atoms with Gasteiger partial charge in [0, 0.05) is 0 Å². The molecular formula is C10H16N2O4. The van der Waals surface area contributed by atoms with Crippen LogP contribution < -0.4 is 0 Å². The van der Waals surface area contributed by atoms with Gasteiger partial charge in [-0.25, -0.2) is 9.59 Å². The molecule has 6 nitrogen and oxygen atoms in total. The van der Waals surface area contributed by atoms with Crippen LogP contribution in [0.25, 0.3) is 0 Å². The van der Waals surface area contributed by atoms with Crippen molar-refractivity contribution < 1.29 is 19.1 Å². The van der Waals surface area contributed by atoms with Crippen LogP contribution in [-0.4, -0.2) is 37.6 Å². The first-order chi connectivity index (χ1) is 7.72. The SMILES string of the molecule is N=CCCCOC(=O)C(=O)OCCCC=N. The molecular weight excluding hydrogens is 212 g/mol. The Balaban J connectivity index is 3.53. The number of esters is 2. The number of rotatable bonds is 8. The molecule has 6 heteroatoms. The van der Waals surface area contributed by atoms with Gasteiger partial charge in [-0.3, -0.25) is 0 Å². The summed E-state index contributed by atoms with van der Waals surface area (Å²) in [6.45, 7) is 0.230. The Bertz CT molecular complexity index is 227. The highest BCUT2D eigenvalue weighted by atomic mass is 16.6. The van der Waals surface area contributed by atoms with Crippen LogP contribution in [0, 0.1) is 10.8 Å². The lowest BCUT2D eigenvalue weighted by molar-refractivity contribution is -0.167. The third-order valence-corrected chi connectivity index (χ3v) is 1.62. The highest BCUT2D eigenvalue weighted by Gasteiger charge is 2.16. The number of carbonyl (C=O) groups excluding carboxylic acids is 2. The quantitative estimate of drug-likeness (QED) is 0.279. The Morgan fingerprint density at radius 3 is 1.56 bits per heavy atom. The maximum Gasteiger partial charge on any atom is 0.417 e. The van der Waals surface area contributed by atoms with Gasteiger partial charge >= 0.3 is 11.9 Å². The van der Waals surface area contributed by atoms with Crippen molar-refractivity contribution in [3.8, 4) is 0 Å². The van der Waals surface area contributed by atoms with E-state index in [2.05, 4.69) is 9.47 Å². The van der Waals surface area contributed by atoms with E-state index in [1.807, 2.05) is 0 Å². The topological polar surface area (TPSA) is 100 Å². The van der Waals surface area contributed by atoms with Gasteiger partial charge in [0.15, 0.2) is 0 Å². The van der Waals surface area contributed by atoms with Crippen LogP contribution >= 0.6 is 0 Å². The monoisotopic (exact) mass is 228 g/mol. The number of unbranched alkanes of at least 4 members (excludes halogenated alkanes) is 2. The van der Waals surface area contributed by atoms with Crippen molar-refractivity contribution in [3.63, 3.8) is 0 Å². The molecule has 0 aromatic heterocycles. The molecule has 0 aliphatic heterocycles. The summed E-state index contributed by atoms with van der Waals surface area (Å²) < 4.78 is 9.20. The molecule has 0 bridgehead atoms. The van der Waals surface area contributed by atoms with Gasteiger partial charge in [-0.2, -0.15) is 0 Å². The van der Waals surface area contributed by atoms with E-state index < -0.39 is 11.9 Å². The minimum Gasteiger partial charge on any atom is -0.457 e. The van der Waals surface area contributed by atoms with Gasteiger partial charge in [0.1, 0.15) is 0 Å². The summed E-state index contributed by atoms with van der Waals surface area (Å²) in [5.74, 6) is -2.00. The number of hydrogen-bond acceptors (Lipinski definition) is 6. The summed E-state index contributed by atoms with van der Waals surface area (Å²) in [6.07, 6.45) is 4.50.